The second-order valence-corrected chi connectivity index (χ2v) is 9.23. The van der Waals surface area contributed by atoms with Crippen LogP contribution in [0.25, 0.3) is 5.65 Å². The highest BCUT2D eigenvalue weighted by Gasteiger charge is 2.28. The largest absolute Gasteiger partial charge is 0.444 e. The molecule has 1 N–H and O–H groups in total. The van der Waals surface area contributed by atoms with E-state index < -0.39 is 5.60 Å². The normalized spacial score (nSPS) is 15.1. The number of nitrogens with one attached hydrogen (secondary N) is 1. The minimum atomic E-state index is -0.491. The van der Waals surface area contributed by atoms with Gasteiger partial charge in [-0.25, -0.2) is 9.78 Å². The Morgan fingerprint density at radius 3 is 2.50 bits per heavy atom. The molecule has 0 spiro atoms. The molecule has 4 heterocycles. The lowest BCUT2D eigenvalue weighted by Crippen LogP contribution is -2.41. The van der Waals surface area contributed by atoms with Gasteiger partial charge in [-0.15, -0.1) is 0 Å². The summed E-state index contributed by atoms with van der Waals surface area (Å²) in [6.07, 6.45) is 6.75. The Morgan fingerprint density at radius 1 is 1.09 bits per heavy atom. The third kappa shape index (κ3) is 5.07. The third-order valence-electron chi connectivity index (χ3n) is 5.44. The summed E-state index contributed by atoms with van der Waals surface area (Å²) in [5, 5.41) is 2.91. The maximum atomic E-state index is 12.6. The highest BCUT2D eigenvalue weighted by molar-refractivity contribution is 6.04. The van der Waals surface area contributed by atoms with Crippen molar-refractivity contribution in [2.45, 2.75) is 52.1 Å². The van der Waals surface area contributed by atoms with Gasteiger partial charge in [-0.3, -0.25) is 9.78 Å². The lowest BCUT2D eigenvalue weighted by molar-refractivity contribution is 0.0204. The lowest BCUT2D eigenvalue weighted by Gasteiger charge is -2.33. The molecule has 2 amide bonds. The van der Waals surface area contributed by atoms with Crippen LogP contribution in [0.5, 0.6) is 0 Å². The second-order valence-electron chi connectivity index (χ2n) is 9.23. The number of imidazole rings is 1. The van der Waals surface area contributed by atoms with Crippen LogP contribution in [0, 0.1) is 6.92 Å². The molecule has 168 valence electrons. The fourth-order valence-corrected chi connectivity index (χ4v) is 3.86. The number of aryl methyl sites for hydroxylation is 1. The summed E-state index contributed by atoms with van der Waals surface area (Å²) >= 11 is 0. The number of piperidine rings is 1. The predicted octanol–water partition coefficient (Wildman–Crippen LogP) is 4.40. The van der Waals surface area contributed by atoms with Crippen LogP contribution < -0.4 is 5.32 Å². The van der Waals surface area contributed by atoms with Crippen molar-refractivity contribution >= 4 is 23.3 Å². The number of anilines is 1. The molecule has 0 atom stereocenters. The molecule has 0 aromatic carbocycles. The van der Waals surface area contributed by atoms with Crippen LogP contribution in [-0.2, 0) is 4.74 Å². The standard InChI is InChI=1S/C24H29N5O3/c1-16-14-29-15-19(6-8-21(29)26-16)27-22(30)18-5-7-20(25-13-18)17-9-11-28(12-10-17)23(31)32-24(2,3)4/h5-8,13-15,17H,9-12H2,1-4H3,(H,27,30). The zero-order valence-electron chi connectivity index (χ0n) is 19.0. The first kappa shape index (κ1) is 21.8. The molecule has 32 heavy (non-hydrogen) atoms. The molecule has 1 aliphatic rings. The number of nitrogens with zero attached hydrogens (tertiary/aromatic N) is 4. The molecule has 3 aromatic rings. The van der Waals surface area contributed by atoms with E-state index in [0.717, 1.165) is 29.9 Å². The van der Waals surface area contributed by atoms with Crippen LogP contribution in [0.2, 0.25) is 0 Å². The molecule has 3 aromatic heterocycles. The number of aromatic nitrogens is 3. The number of ether oxygens (including phenoxy) is 1. The fraction of sp³-hybridized carbons (Fsp3) is 0.417. The average molecular weight is 436 g/mol. The smallest absolute Gasteiger partial charge is 0.410 e. The Bertz CT molecular complexity index is 1120. The molecule has 0 unspecified atom stereocenters. The highest BCUT2D eigenvalue weighted by atomic mass is 16.6. The van der Waals surface area contributed by atoms with E-state index >= 15 is 0 Å². The van der Waals surface area contributed by atoms with Crippen molar-refractivity contribution in [1.82, 2.24) is 19.3 Å². The van der Waals surface area contributed by atoms with E-state index in [1.807, 2.05) is 62.7 Å². The van der Waals surface area contributed by atoms with Gasteiger partial charge in [0.25, 0.3) is 5.91 Å². The number of carbonyl (C=O) groups excluding carboxylic acids is 2. The quantitative estimate of drug-likeness (QED) is 0.658. The van der Waals surface area contributed by atoms with Crippen LogP contribution >= 0.6 is 0 Å². The van der Waals surface area contributed by atoms with Gasteiger partial charge < -0.3 is 19.4 Å². The van der Waals surface area contributed by atoms with E-state index in [-0.39, 0.29) is 17.9 Å². The van der Waals surface area contributed by atoms with Crippen LogP contribution in [0.15, 0.2) is 42.9 Å². The number of hydrogen-bond donors (Lipinski definition) is 1. The number of fused-ring (bicyclic) bond motifs is 1. The summed E-state index contributed by atoms with van der Waals surface area (Å²) in [5.41, 5.74) is 3.41. The molecule has 0 radical (unpaired) electrons. The van der Waals surface area contributed by atoms with E-state index in [1.54, 1.807) is 17.2 Å². The SMILES string of the molecule is Cc1cn2cc(NC(=O)c3ccc(C4CCN(C(=O)OC(C)(C)C)CC4)nc3)ccc2n1. The average Bonchev–Trinajstić information content (AvgIpc) is 3.12. The number of carbonyl (C=O) groups is 2. The monoisotopic (exact) mass is 435 g/mol. The molecular formula is C24H29N5O3. The van der Waals surface area contributed by atoms with Crippen LogP contribution in [0.4, 0.5) is 10.5 Å². The Morgan fingerprint density at radius 2 is 1.84 bits per heavy atom. The zero-order chi connectivity index (χ0) is 22.9. The number of amides is 2. The zero-order valence-corrected chi connectivity index (χ0v) is 19.0. The maximum Gasteiger partial charge on any atom is 0.410 e. The summed E-state index contributed by atoms with van der Waals surface area (Å²) < 4.78 is 7.34. The number of hydrogen-bond acceptors (Lipinski definition) is 5. The summed E-state index contributed by atoms with van der Waals surface area (Å²) in [6, 6.07) is 7.41. The van der Waals surface area contributed by atoms with Crippen molar-refractivity contribution in [3.05, 3.63) is 59.8 Å². The minimum Gasteiger partial charge on any atom is -0.444 e. The van der Waals surface area contributed by atoms with Gasteiger partial charge in [0.15, 0.2) is 0 Å². The van der Waals surface area contributed by atoms with E-state index in [1.165, 1.54) is 0 Å². The summed E-state index contributed by atoms with van der Waals surface area (Å²) in [6.45, 7) is 8.82. The Hall–Kier alpha value is -3.42. The van der Waals surface area contributed by atoms with Gasteiger partial charge in [-0.1, -0.05) is 0 Å². The molecule has 1 aliphatic heterocycles. The van der Waals surface area contributed by atoms with Crippen molar-refractivity contribution in [2.75, 3.05) is 18.4 Å². The van der Waals surface area contributed by atoms with Crippen LogP contribution in [-0.4, -0.2) is 50.0 Å². The Labute approximate surface area is 187 Å². The van der Waals surface area contributed by atoms with E-state index in [2.05, 4.69) is 15.3 Å². The van der Waals surface area contributed by atoms with Gasteiger partial charge in [-0.05, 0) is 64.8 Å². The molecule has 8 nitrogen and oxygen atoms in total. The van der Waals surface area contributed by atoms with E-state index in [0.29, 0.717) is 24.3 Å². The number of likely N-dealkylation sites (tertiary alicyclic amines) is 1. The maximum absolute atomic E-state index is 12.6. The van der Waals surface area contributed by atoms with Crippen molar-refractivity contribution in [1.29, 1.82) is 0 Å². The van der Waals surface area contributed by atoms with Crippen molar-refractivity contribution in [2.24, 2.45) is 0 Å². The summed E-state index contributed by atoms with van der Waals surface area (Å²) in [4.78, 5) is 35.6. The molecular weight excluding hydrogens is 406 g/mol. The molecule has 1 saturated heterocycles. The first-order chi connectivity index (χ1) is 15.2. The molecule has 4 rings (SSSR count). The number of pyridine rings is 2. The summed E-state index contributed by atoms with van der Waals surface area (Å²) in [7, 11) is 0. The topological polar surface area (TPSA) is 88.8 Å². The van der Waals surface area contributed by atoms with E-state index in [4.69, 9.17) is 4.74 Å². The molecule has 1 fully saturated rings. The van der Waals surface area contributed by atoms with E-state index in [9.17, 15) is 9.59 Å². The fourth-order valence-electron chi connectivity index (χ4n) is 3.86. The van der Waals surface area contributed by atoms with Gasteiger partial charge in [-0.2, -0.15) is 0 Å². The first-order valence-electron chi connectivity index (χ1n) is 10.9. The van der Waals surface area contributed by atoms with Gasteiger partial charge in [0.05, 0.1) is 16.9 Å². The van der Waals surface area contributed by atoms with Gasteiger partial charge in [0, 0.05) is 43.3 Å². The highest BCUT2D eigenvalue weighted by Crippen LogP contribution is 2.27. The van der Waals surface area contributed by atoms with Crippen molar-refractivity contribution in [3.63, 3.8) is 0 Å². The summed E-state index contributed by atoms with van der Waals surface area (Å²) in [5.74, 6) is 0.0534. The predicted molar refractivity (Wildman–Crippen MR) is 122 cm³/mol. The molecule has 0 bridgehead atoms. The van der Waals surface area contributed by atoms with Gasteiger partial charge >= 0.3 is 6.09 Å². The lowest BCUT2D eigenvalue weighted by atomic mass is 9.93. The molecule has 8 heteroatoms. The van der Waals surface area contributed by atoms with Gasteiger partial charge in [0.2, 0.25) is 0 Å². The van der Waals surface area contributed by atoms with Crippen LogP contribution in [0.1, 0.15) is 61.3 Å². The number of rotatable bonds is 3. The Kier molecular flexibility index (Phi) is 5.86. The second kappa shape index (κ2) is 8.61. The minimum absolute atomic E-state index is 0.208. The van der Waals surface area contributed by atoms with Crippen molar-refractivity contribution < 1.29 is 14.3 Å². The molecule has 0 aliphatic carbocycles. The van der Waals surface area contributed by atoms with Gasteiger partial charge in [0.1, 0.15) is 11.2 Å². The third-order valence-corrected chi connectivity index (χ3v) is 5.44. The molecule has 0 saturated carbocycles. The first-order valence-corrected chi connectivity index (χ1v) is 10.9. The Balaban J connectivity index is 1.34. The van der Waals surface area contributed by atoms with Crippen LogP contribution in [0.3, 0.4) is 0 Å². The van der Waals surface area contributed by atoms with Crippen molar-refractivity contribution in [3.8, 4) is 0 Å².